The van der Waals surface area contributed by atoms with Crippen molar-refractivity contribution in [2.75, 3.05) is 19.7 Å². The van der Waals surface area contributed by atoms with Gasteiger partial charge in [0.2, 0.25) is 0 Å². The van der Waals surface area contributed by atoms with E-state index in [1.807, 2.05) is 24.4 Å². The third-order valence-electron chi connectivity index (χ3n) is 4.21. The zero-order valence-electron chi connectivity index (χ0n) is 13.1. The van der Waals surface area contributed by atoms with Crippen LogP contribution in [-0.4, -0.2) is 47.1 Å². The molecule has 1 atom stereocenters. The van der Waals surface area contributed by atoms with Crippen molar-refractivity contribution in [1.82, 2.24) is 9.88 Å². The van der Waals surface area contributed by atoms with Gasteiger partial charge in [-0.15, -0.1) is 0 Å². The number of amides is 1. The first-order chi connectivity index (χ1) is 11.2. The van der Waals surface area contributed by atoms with Gasteiger partial charge in [0.25, 0.3) is 0 Å². The Morgan fingerprint density at radius 2 is 2.35 bits per heavy atom. The lowest BCUT2D eigenvalue weighted by molar-refractivity contribution is -0.168. The predicted molar refractivity (Wildman–Crippen MR) is 84.8 cm³/mol. The molecule has 3 rings (SSSR count). The Labute approximate surface area is 135 Å². The molecule has 124 valence electrons. The largest absolute Gasteiger partial charge is 0.465 e. The fraction of sp³-hybridized carbons (Fsp3) is 0.529. The SMILES string of the molecule is O=C(O)N1CC=C(c2ccc(COC3CCCCO3)cn2)CC1. The number of pyridine rings is 1. The topological polar surface area (TPSA) is 71.9 Å². The van der Waals surface area contributed by atoms with E-state index in [9.17, 15) is 4.79 Å². The standard InChI is InChI=1S/C17H22N2O4/c20-17(21)19-8-6-14(7-9-19)15-5-4-13(11-18-15)12-23-16-3-1-2-10-22-16/h4-6,11,16H,1-3,7-10,12H2,(H,20,21). The van der Waals surface area contributed by atoms with Crippen molar-refractivity contribution in [2.45, 2.75) is 38.6 Å². The quantitative estimate of drug-likeness (QED) is 0.924. The molecule has 1 unspecified atom stereocenters. The van der Waals surface area contributed by atoms with E-state index in [-0.39, 0.29) is 6.29 Å². The number of hydrogen-bond donors (Lipinski definition) is 1. The van der Waals surface area contributed by atoms with E-state index in [0.29, 0.717) is 26.1 Å². The van der Waals surface area contributed by atoms with E-state index in [1.165, 1.54) is 4.90 Å². The van der Waals surface area contributed by atoms with Crippen LogP contribution in [0.5, 0.6) is 0 Å². The van der Waals surface area contributed by atoms with Crippen molar-refractivity contribution in [3.63, 3.8) is 0 Å². The Morgan fingerprint density at radius 3 is 2.96 bits per heavy atom. The Hall–Kier alpha value is -1.92. The number of hydrogen-bond acceptors (Lipinski definition) is 4. The summed E-state index contributed by atoms with van der Waals surface area (Å²) >= 11 is 0. The third-order valence-corrected chi connectivity index (χ3v) is 4.21. The van der Waals surface area contributed by atoms with Crippen LogP contribution in [0.2, 0.25) is 0 Å². The van der Waals surface area contributed by atoms with Gasteiger partial charge in [-0.2, -0.15) is 0 Å². The van der Waals surface area contributed by atoms with Gasteiger partial charge >= 0.3 is 6.09 Å². The fourth-order valence-electron chi connectivity index (χ4n) is 2.81. The predicted octanol–water partition coefficient (Wildman–Crippen LogP) is 2.89. The molecule has 0 bridgehead atoms. The Balaban J connectivity index is 1.54. The highest BCUT2D eigenvalue weighted by molar-refractivity contribution is 5.69. The second-order valence-corrected chi connectivity index (χ2v) is 5.87. The first-order valence-electron chi connectivity index (χ1n) is 8.08. The van der Waals surface area contributed by atoms with E-state index < -0.39 is 6.09 Å². The number of nitrogens with zero attached hydrogens (tertiary/aromatic N) is 2. The molecule has 1 N–H and O–H groups in total. The number of carbonyl (C=O) groups is 1. The zero-order chi connectivity index (χ0) is 16.1. The van der Waals surface area contributed by atoms with Gasteiger partial charge < -0.3 is 19.5 Å². The maximum absolute atomic E-state index is 10.9. The highest BCUT2D eigenvalue weighted by Gasteiger charge is 2.17. The molecule has 1 aromatic heterocycles. The van der Waals surface area contributed by atoms with Gasteiger partial charge in [0.05, 0.1) is 12.3 Å². The molecule has 0 aliphatic carbocycles. The number of ether oxygens (including phenoxy) is 2. The summed E-state index contributed by atoms with van der Waals surface area (Å²) in [6.45, 7) is 2.23. The second-order valence-electron chi connectivity index (χ2n) is 5.87. The summed E-state index contributed by atoms with van der Waals surface area (Å²) in [7, 11) is 0. The summed E-state index contributed by atoms with van der Waals surface area (Å²) in [6.07, 6.45) is 6.73. The van der Waals surface area contributed by atoms with Crippen molar-refractivity contribution in [1.29, 1.82) is 0 Å². The van der Waals surface area contributed by atoms with Crippen LogP contribution in [0.25, 0.3) is 5.57 Å². The normalized spacial score (nSPS) is 21.8. The van der Waals surface area contributed by atoms with Crippen molar-refractivity contribution in [3.8, 4) is 0 Å². The monoisotopic (exact) mass is 318 g/mol. The number of aromatic nitrogens is 1. The molecule has 6 heteroatoms. The minimum Gasteiger partial charge on any atom is -0.465 e. The zero-order valence-corrected chi connectivity index (χ0v) is 13.1. The van der Waals surface area contributed by atoms with E-state index in [4.69, 9.17) is 14.6 Å². The van der Waals surface area contributed by atoms with Crippen molar-refractivity contribution >= 4 is 11.7 Å². The van der Waals surface area contributed by atoms with Gasteiger partial charge in [-0.05, 0) is 42.9 Å². The molecule has 23 heavy (non-hydrogen) atoms. The maximum Gasteiger partial charge on any atom is 0.407 e. The summed E-state index contributed by atoms with van der Waals surface area (Å²) in [6, 6.07) is 3.98. The van der Waals surface area contributed by atoms with E-state index in [2.05, 4.69) is 4.98 Å². The lowest BCUT2D eigenvalue weighted by atomic mass is 10.0. The molecule has 2 aliphatic heterocycles. The summed E-state index contributed by atoms with van der Waals surface area (Å²) in [5, 5.41) is 8.95. The highest BCUT2D eigenvalue weighted by Crippen LogP contribution is 2.21. The molecule has 1 amide bonds. The lowest BCUT2D eigenvalue weighted by Crippen LogP contribution is -2.33. The van der Waals surface area contributed by atoms with Gasteiger partial charge in [-0.25, -0.2) is 4.79 Å². The van der Waals surface area contributed by atoms with Crippen LogP contribution in [0.15, 0.2) is 24.4 Å². The lowest BCUT2D eigenvalue weighted by Gasteiger charge is -2.23. The molecular formula is C17H22N2O4. The molecule has 1 aromatic rings. The van der Waals surface area contributed by atoms with Crippen molar-refractivity contribution in [3.05, 3.63) is 35.7 Å². The molecule has 0 aromatic carbocycles. The molecule has 1 saturated heterocycles. The van der Waals surface area contributed by atoms with Gasteiger partial charge in [0.1, 0.15) is 0 Å². The summed E-state index contributed by atoms with van der Waals surface area (Å²) in [5.41, 5.74) is 3.03. The average Bonchev–Trinajstić information content (AvgIpc) is 2.61. The van der Waals surface area contributed by atoms with Crippen LogP contribution in [-0.2, 0) is 16.1 Å². The minimum atomic E-state index is -0.870. The van der Waals surface area contributed by atoms with E-state index in [1.54, 1.807) is 0 Å². The van der Waals surface area contributed by atoms with Crippen LogP contribution in [0, 0.1) is 0 Å². The maximum atomic E-state index is 10.9. The van der Waals surface area contributed by atoms with Crippen molar-refractivity contribution < 1.29 is 19.4 Å². The van der Waals surface area contributed by atoms with Gasteiger partial charge in [0, 0.05) is 25.9 Å². The summed E-state index contributed by atoms with van der Waals surface area (Å²) in [4.78, 5) is 16.8. The fourth-order valence-corrected chi connectivity index (χ4v) is 2.81. The minimum absolute atomic E-state index is 0.0912. The van der Waals surface area contributed by atoms with Gasteiger partial charge in [-0.3, -0.25) is 4.98 Å². The highest BCUT2D eigenvalue weighted by atomic mass is 16.7. The van der Waals surface area contributed by atoms with Crippen molar-refractivity contribution in [2.24, 2.45) is 0 Å². The third kappa shape index (κ3) is 4.30. The summed E-state index contributed by atoms with van der Waals surface area (Å²) in [5.74, 6) is 0. The average molecular weight is 318 g/mol. The molecule has 0 spiro atoms. The van der Waals surface area contributed by atoms with Crippen LogP contribution in [0.1, 0.15) is 36.9 Å². The molecule has 0 radical (unpaired) electrons. The molecule has 6 nitrogen and oxygen atoms in total. The molecule has 3 heterocycles. The van der Waals surface area contributed by atoms with Crippen LogP contribution in [0.4, 0.5) is 4.79 Å². The van der Waals surface area contributed by atoms with E-state index in [0.717, 1.165) is 42.7 Å². The number of rotatable bonds is 4. The Morgan fingerprint density at radius 1 is 1.43 bits per heavy atom. The van der Waals surface area contributed by atoms with E-state index >= 15 is 0 Å². The molecule has 0 saturated carbocycles. The van der Waals surface area contributed by atoms with Gasteiger partial charge in [-0.1, -0.05) is 12.1 Å². The second kappa shape index (κ2) is 7.57. The van der Waals surface area contributed by atoms with Crippen LogP contribution < -0.4 is 0 Å². The summed E-state index contributed by atoms with van der Waals surface area (Å²) < 4.78 is 11.3. The Kier molecular flexibility index (Phi) is 5.25. The molecule has 2 aliphatic rings. The van der Waals surface area contributed by atoms with Gasteiger partial charge in [0.15, 0.2) is 6.29 Å². The van der Waals surface area contributed by atoms with Crippen LogP contribution in [0.3, 0.4) is 0 Å². The smallest absolute Gasteiger partial charge is 0.407 e. The first kappa shape index (κ1) is 16.0. The molecular weight excluding hydrogens is 296 g/mol. The number of carboxylic acid groups (broad SMARTS) is 1. The first-order valence-corrected chi connectivity index (χ1v) is 8.08. The Bertz CT molecular complexity index is 564. The van der Waals surface area contributed by atoms with Crippen LogP contribution >= 0.6 is 0 Å². The molecule has 1 fully saturated rings.